The molecular formula is C18H24N4O2. The molecule has 2 heterocycles. The van der Waals surface area contributed by atoms with Crippen LogP contribution in [0.15, 0.2) is 40.9 Å². The first-order valence-corrected chi connectivity index (χ1v) is 8.42. The van der Waals surface area contributed by atoms with Crippen molar-refractivity contribution in [3.63, 3.8) is 0 Å². The summed E-state index contributed by atoms with van der Waals surface area (Å²) in [5, 5.41) is 6.92. The number of hydrogen-bond acceptors (Lipinski definition) is 4. The number of hydrogen-bond donors (Lipinski definition) is 1. The summed E-state index contributed by atoms with van der Waals surface area (Å²) in [6, 6.07) is 12.2. The first-order valence-electron chi connectivity index (χ1n) is 8.42. The molecule has 1 aromatic carbocycles. The second-order valence-electron chi connectivity index (χ2n) is 6.17. The Morgan fingerprint density at radius 2 is 1.96 bits per heavy atom. The van der Waals surface area contributed by atoms with Crippen molar-refractivity contribution in [3.8, 4) is 0 Å². The monoisotopic (exact) mass is 328 g/mol. The average molecular weight is 328 g/mol. The summed E-state index contributed by atoms with van der Waals surface area (Å²) >= 11 is 0. The standard InChI is InChI=1S/C18H24N4O2/c1-15-13-17(24-20-15)14-21-9-11-22(12-10-21)18(23)19-8-7-16-5-3-2-4-6-16/h2-6,13H,7-12,14H2,1H3,(H,19,23). The molecule has 3 rings (SSSR count). The number of aryl methyl sites for hydroxylation is 1. The van der Waals surface area contributed by atoms with E-state index in [4.69, 9.17) is 4.52 Å². The van der Waals surface area contributed by atoms with E-state index in [9.17, 15) is 4.79 Å². The van der Waals surface area contributed by atoms with E-state index in [-0.39, 0.29) is 6.03 Å². The molecule has 0 radical (unpaired) electrons. The molecule has 2 amide bonds. The maximum absolute atomic E-state index is 12.2. The van der Waals surface area contributed by atoms with Gasteiger partial charge < -0.3 is 14.7 Å². The van der Waals surface area contributed by atoms with Crippen LogP contribution in [0.1, 0.15) is 17.0 Å². The van der Waals surface area contributed by atoms with Gasteiger partial charge in [-0.1, -0.05) is 35.5 Å². The number of nitrogens with zero attached hydrogens (tertiary/aromatic N) is 3. The van der Waals surface area contributed by atoms with Gasteiger partial charge in [0.05, 0.1) is 12.2 Å². The zero-order valence-electron chi connectivity index (χ0n) is 14.1. The number of carbonyl (C=O) groups is 1. The van der Waals surface area contributed by atoms with Crippen LogP contribution in [-0.2, 0) is 13.0 Å². The zero-order chi connectivity index (χ0) is 16.8. The molecule has 128 valence electrons. The van der Waals surface area contributed by atoms with E-state index in [1.807, 2.05) is 36.1 Å². The fourth-order valence-corrected chi connectivity index (χ4v) is 2.89. The van der Waals surface area contributed by atoms with Gasteiger partial charge in [0, 0.05) is 38.8 Å². The third kappa shape index (κ3) is 4.58. The molecule has 6 nitrogen and oxygen atoms in total. The van der Waals surface area contributed by atoms with Gasteiger partial charge in [-0.15, -0.1) is 0 Å². The van der Waals surface area contributed by atoms with E-state index in [0.717, 1.165) is 50.6 Å². The van der Waals surface area contributed by atoms with E-state index in [2.05, 4.69) is 27.5 Å². The van der Waals surface area contributed by atoms with Crippen molar-refractivity contribution in [2.24, 2.45) is 0 Å². The first kappa shape index (κ1) is 16.5. The van der Waals surface area contributed by atoms with Crippen molar-refractivity contribution in [1.29, 1.82) is 0 Å². The number of benzene rings is 1. The first-order chi connectivity index (χ1) is 11.7. The lowest BCUT2D eigenvalue weighted by molar-refractivity contribution is 0.128. The van der Waals surface area contributed by atoms with Crippen LogP contribution in [0.25, 0.3) is 0 Å². The molecule has 1 aliphatic heterocycles. The minimum absolute atomic E-state index is 0.0288. The Morgan fingerprint density at radius 3 is 2.62 bits per heavy atom. The van der Waals surface area contributed by atoms with Crippen LogP contribution in [0.3, 0.4) is 0 Å². The van der Waals surface area contributed by atoms with Gasteiger partial charge in [0.1, 0.15) is 0 Å². The Balaban J connectivity index is 1.37. The Bertz CT molecular complexity index is 648. The number of carbonyl (C=O) groups excluding carboxylic acids is 1. The third-order valence-electron chi connectivity index (χ3n) is 4.25. The molecular weight excluding hydrogens is 304 g/mol. The molecule has 0 unspecified atom stereocenters. The summed E-state index contributed by atoms with van der Waals surface area (Å²) in [6.07, 6.45) is 0.859. The van der Waals surface area contributed by atoms with Crippen molar-refractivity contribution in [2.45, 2.75) is 19.9 Å². The molecule has 0 atom stereocenters. The number of rotatable bonds is 5. The Kier molecular flexibility index (Phi) is 5.48. The molecule has 1 saturated heterocycles. The van der Waals surface area contributed by atoms with Crippen LogP contribution < -0.4 is 5.32 Å². The predicted octanol–water partition coefficient (Wildman–Crippen LogP) is 2.05. The van der Waals surface area contributed by atoms with E-state index in [1.165, 1.54) is 5.56 Å². The van der Waals surface area contributed by atoms with Crippen LogP contribution in [-0.4, -0.2) is 53.7 Å². The Hall–Kier alpha value is -2.34. The quantitative estimate of drug-likeness (QED) is 0.912. The smallest absolute Gasteiger partial charge is 0.317 e. The Morgan fingerprint density at radius 1 is 1.21 bits per heavy atom. The van der Waals surface area contributed by atoms with Crippen LogP contribution >= 0.6 is 0 Å². The highest BCUT2D eigenvalue weighted by atomic mass is 16.5. The van der Waals surface area contributed by atoms with Crippen LogP contribution in [0, 0.1) is 6.92 Å². The van der Waals surface area contributed by atoms with E-state index in [0.29, 0.717) is 6.54 Å². The van der Waals surface area contributed by atoms with Gasteiger partial charge in [0.2, 0.25) is 0 Å². The number of amides is 2. The number of nitrogens with one attached hydrogen (secondary N) is 1. The highest BCUT2D eigenvalue weighted by molar-refractivity contribution is 5.74. The summed E-state index contributed by atoms with van der Waals surface area (Å²) in [5.74, 6) is 0.883. The molecule has 0 saturated carbocycles. The van der Waals surface area contributed by atoms with Crippen molar-refractivity contribution >= 4 is 6.03 Å². The summed E-state index contributed by atoms with van der Waals surface area (Å²) in [6.45, 7) is 6.53. The van der Waals surface area contributed by atoms with E-state index < -0.39 is 0 Å². The molecule has 1 N–H and O–H groups in total. The van der Waals surface area contributed by atoms with Gasteiger partial charge in [0.25, 0.3) is 0 Å². The molecule has 0 aliphatic carbocycles. The normalized spacial score (nSPS) is 15.5. The minimum atomic E-state index is 0.0288. The fraction of sp³-hybridized carbons (Fsp3) is 0.444. The largest absolute Gasteiger partial charge is 0.360 e. The number of urea groups is 1. The average Bonchev–Trinajstić information content (AvgIpc) is 3.01. The minimum Gasteiger partial charge on any atom is -0.360 e. The molecule has 6 heteroatoms. The van der Waals surface area contributed by atoms with Gasteiger partial charge in [0.15, 0.2) is 5.76 Å². The van der Waals surface area contributed by atoms with Gasteiger partial charge in [-0.3, -0.25) is 4.90 Å². The van der Waals surface area contributed by atoms with Gasteiger partial charge >= 0.3 is 6.03 Å². The summed E-state index contributed by atoms with van der Waals surface area (Å²) in [4.78, 5) is 16.4. The van der Waals surface area contributed by atoms with Crippen LogP contribution in [0.2, 0.25) is 0 Å². The lowest BCUT2D eigenvalue weighted by Crippen LogP contribution is -2.51. The van der Waals surface area contributed by atoms with Crippen molar-refractivity contribution in [3.05, 3.63) is 53.4 Å². The third-order valence-corrected chi connectivity index (χ3v) is 4.25. The van der Waals surface area contributed by atoms with Crippen LogP contribution in [0.5, 0.6) is 0 Å². The summed E-state index contributed by atoms with van der Waals surface area (Å²) < 4.78 is 5.25. The van der Waals surface area contributed by atoms with Crippen molar-refractivity contribution in [2.75, 3.05) is 32.7 Å². The maximum Gasteiger partial charge on any atom is 0.317 e. The second-order valence-corrected chi connectivity index (χ2v) is 6.17. The number of aromatic nitrogens is 1. The highest BCUT2D eigenvalue weighted by Crippen LogP contribution is 2.09. The molecule has 0 spiro atoms. The molecule has 24 heavy (non-hydrogen) atoms. The van der Waals surface area contributed by atoms with Gasteiger partial charge in [-0.25, -0.2) is 4.79 Å². The van der Waals surface area contributed by atoms with Crippen LogP contribution in [0.4, 0.5) is 4.79 Å². The lowest BCUT2D eigenvalue weighted by atomic mass is 10.1. The van der Waals surface area contributed by atoms with Crippen molar-refractivity contribution < 1.29 is 9.32 Å². The molecule has 2 aromatic rings. The second kappa shape index (κ2) is 7.97. The molecule has 0 bridgehead atoms. The molecule has 1 fully saturated rings. The molecule has 1 aliphatic rings. The van der Waals surface area contributed by atoms with E-state index >= 15 is 0 Å². The lowest BCUT2D eigenvalue weighted by Gasteiger charge is -2.34. The number of piperazine rings is 1. The van der Waals surface area contributed by atoms with Gasteiger partial charge in [-0.2, -0.15) is 0 Å². The molecule has 1 aromatic heterocycles. The fourth-order valence-electron chi connectivity index (χ4n) is 2.89. The highest BCUT2D eigenvalue weighted by Gasteiger charge is 2.21. The van der Waals surface area contributed by atoms with Gasteiger partial charge in [-0.05, 0) is 18.9 Å². The summed E-state index contributed by atoms with van der Waals surface area (Å²) in [7, 11) is 0. The maximum atomic E-state index is 12.2. The topological polar surface area (TPSA) is 61.6 Å². The zero-order valence-corrected chi connectivity index (χ0v) is 14.1. The van der Waals surface area contributed by atoms with E-state index in [1.54, 1.807) is 0 Å². The SMILES string of the molecule is Cc1cc(CN2CCN(C(=O)NCCc3ccccc3)CC2)on1. The van der Waals surface area contributed by atoms with Crippen molar-refractivity contribution in [1.82, 2.24) is 20.3 Å². The Labute approximate surface area is 142 Å². The summed E-state index contributed by atoms with van der Waals surface area (Å²) in [5.41, 5.74) is 2.14. The predicted molar refractivity (Wildman–Crippen MR) is 91.6 cm³/mol.